The SMILES string of the molecule is C\C=C/C=C\C(=C\Oc1ccc(OC(F)(F)F)cc1)NCOC. The molecule has 23 heavy (non-hydrogen) atoms. The van der Waals surface area contributed by atoms with Crippen molar-refractivity contribution < 1.29 is 27.4 Å². The minimum atomic E-state index is -4.71. The molecule has 0 bridgehead atoms. The van der Waals surface area contributed by atoms with Crippen LogP contribution in [0, 0.1) is 0 Å². The predicted octanol–water partition coefficient (Wildman–Crippen LogP) is 4.13. The van der Waals surface area contributed by atoms with E-state index in [1.165, 1.54) is 30.5 Å². The number of halogens is 3. The molecule has 0 aliphatic heterocycles. The summed E-state index contributed by atoms with van der Waals surface area (Å²) in [5, 5.41) is 2.96. The van der Waals surface area contributed by atoms with Crippen LogP contribution in [0.25, 0.3) is 0 Å². The van der Waals surface area contributed by atoms with Crippen molar-refractivity contribution in [3.63, 3.8) is 0 Å². The Morgan fingerprint density at radius 2 is 1.78 bits per heavy atom. The van der Waals surface area contributed by atoms with Crippen LogP contribution < -0.4 is 14.8 Å². The third-order valence-corrected chi connectivity index (χ3v) is 2.38. The van der Waals surface area contributed by atoms with E-state index in [1.54, 1.807) is 19.3 Å². The first kappa shape index (κ1) is 18.6. The Morgan fingerprint density at radius 3 is 2.35 bits per heavy atom. The molecule has 0 saturated heterocycles. The highest BCUT2D eigenvalue weighted by Crippen LogP contribution is 2.24. The zero-order valence-corrected chi connectivity index (χ0v) is 12.8. The summed E-state index contributed by atoms with van der Waals surface area (Å²) < 4.78 is 50.3. The molecule has 0 radical (unpaired) electrons. The third kappa shape index (κ3) is 8.57. The summed E-state index contributed by atoms with van der Waals surface area (Å²) in [5.74, 6) is 0.0650. The van der Waals surface area contributed by atoms with E-state index in [9.17, 15) is 13.2 Å². The summed E-state index contributed by atoms with van der Waals surface area (Å²) >= 11 is 0. The van der Waals surface area contributed by atoms with Crippen molar-refractivity contribution in [2.45, 2.75) is 13.3 Å². The average molecular weight is 329 g/mol. The number of rotatable bonds is 8. The van der Waals surface area contributed by atoms with Crippen LogP contribution in [0.1, 0.15) is 6.92 Å². The van der Waals surface area contributed by atoms with E-state index in [-0.39, 0.29) is 12.5 Å². The fourth-order valence-corrected chi connectivity index (χ4v) is 1.42. The van der Waals surface area contributed by atoms with Crippen molar-refractivity contribution in [2.24, 2.45) is 0 Å². The molecule has 1 rings (SSSR count). The number of benzene rings is 1. The fourth-order valence-electron chi connectivity index (χ4n) is 1.42. The second-order valence-corrected chi connectivity index (χ2v) is 4.20. The monoisotopic (exact) mass is 329 g/mol. The summed E-state index contributed by atoms with van der Waals surface area (Å²) in [5.41, 5.74) is 0.639. The number of methoxy groups -OCH3 is 1. The van der Waals surface area contributed by atoms with E-state index in [0.29, 0.717) is 11.4 Å². The van der Waals surface area contributed by atoms with Crippen molar-refractivity contribution in [1.82, 2.24) is 5.32 Å². The minimum absolute atomic E-state index is 0.285. The second kappa shape index (κ2) is 9.58. The van der Waals surface area contributed by atoms with Gasteiger partial charge in [0.2, 0.25) is 0 Å². The molecular weight excluding hydrogens is 311 g/mol. The molecule has 0 heterocycles. The molecule has 4 nitrogen and oxygen atoms in total. The molecular formula is C16H18F3NO3. The van der Waals surface area contributed by atoms with E-state index < -0.39 is 6.36 Å². The second-order valence-electron chi connectivity index (χ2n) is 4.20. The Morgan fingerprint density at radius 1 is 1.13 bits per heavy atom. The summed E-state index contributed by atoms with van der Waals surface area (Å²) in [6.07, 6.45) is 3.99. The van der Waals surface area contributed by atoms with Crippen LogP contribution in [0.15, 0.2) is 60.5 Å². The topological polar surface area (TPSA) is 39.7 Å². The van der Waals surface area contributed by atoms with Gasteiger partial charge >= 0.3 is 6.36 Å². The molecule has 0 spiro atoms. The maximum absolute atomic E-state index is 12.1. The summed E-state index contributed by atoms with van der Waals surface area (Å²) in [7, 11) is 1.54. The Bertz CT molecular complexity index is 549. The van der Waals surface area contributed by atoms with Gasteiger partial charge in [-0.25, -0.2) is 0 Å². The molecule has 1 aromatic carbocycles. The Kier molecular flexibility index (Phi) is 7.76. The Balaban J connectivity index is 2.70. The Hall–Kier alpha value is -2.41. The van der Waals surface area contributed by atoms with Gasteiger partial charge in [0.05, 0.1) is 5.70 Å². The largest absolute Gasteiger partial charge is 0.573 e. The molecule has 0 atom stereocenters. The molecule has 1 N–H and O–H groups in total. The summed E-state index contributed by atoms with van der Waals surface area (Å²) in [6.45, 7) is 2.17. The zero-order valence-electron chi connectivity index (χ0n) is 12.8. The fraction of sp³-hybridized carbons (Fsp3) is 0.250. The number of ether oxygens (including phenoxy) is 3. The molecule has 1 aromatic rings. The van der Waals surface area contributed by atoms with Gasteiger partial charge < -0.3 is 19.5 Å². The standard InChI is InChI=1S/C16H18F3NO3/c1-3-4-5-6-13(20-12-21-2)11-22-14-7-9-15(10-8-14)23-16(17,18)19/h3-11,20H,12H2,1-2H3/b4-3-,6-5-,13-11-. The number of hydrogen-bond donors (Lipinski definition) is 1. The average Bonchev–Trinajstić information content (AvgIpc) is 2.49. The highest BCUT2D eigenvalue weighted by atomic mass is 19.4. The molecule has 0 fully saturated rings. The van der Waals surface area contributed by atoms with Gasteiger partial charge in [-0.05, 0) is 37.3 Å². The lowest BCUT2D eigenvalue weighted by molar-refractivity contribution is -0.274. The lowest BCUT2D eigenvalue weighted by Crippen LogP contribution is -2.17. The Labute approximate surface area is 132 Å². The molecule has 126 valence electrons. The van der Waals surface area contributed by atoms with E-state index in [1.807, 2.05) is 19.1 Å². The third-order valence-electron chi connectivity index (χ3n) is 2.38. The van der Waals surface area contributed by atoms with Crippen LogP contribution in [0.4, 0.5) is 13.2 Å². The summed E-state index contributed by atoms with van der Waals surface area (Å²) in [6, 6.07) is 5.10. The molecule has 0 amide bonds. The maximum atomic E-state index is 12.1. The number of allylic oxidation sites excluding steroid dienone is 4. The first-order chi connectivity index (χ1) is 10.9. The van der Waals surface area contributed by atoms with Crippen molar-refractivity contribution >= 4 is 0 Å². The highest BCUT2D eigenvalue weighted by Gasteiger charge is 2.30. The van der Waals surface area contributed by atoms with E-state index in [2.05, 4.69) is 10.1 Å². The van der Waals surface area contributed by atoms with Gasteiger partial charge in [0.1, 0.15) is 24.5 Å². The first-order valence-electron chi connectivity index (χ1n) is 6.69. The normalized spacial score (nSPS) is 12.8. The number of alkyl halides is 3. The predicted molar refractivity (Wildman–Crippen MR) is 80.8 cm³/mol. The quantitative estimate of drug-likeness (QED) is 0.442. The molecule has 0 saturated carbocycles. The highest BCUT2D eigenvalue weighted by molar-refractivity contribution is 5.32. The van der Waals surface area contributed by atoms with Gasteiger partial charge in [-0.1, -0.05) is 18.2 Å². The molecule has 7 heteroatoms. The zero-order chi connectivity index (χ0) is 17.1. The molecule has 0 aromatic heterocycles. The molecule has 0 unspecified atom stereocenters. The van der Waals surface area contributed by atoms with Gasteiger partial charge in [0, 0.05) is 7.11 Å². The lowest BCUT2D eigenvalue weighted by atomic mass is 10.3. The van der Waals surface area contributed by atoms with Crippen LogP contribution in [-0.2, 0) is 4.74 Å². The van der Waals surface area contributed by atoms with Gasteiger partial charge in [-0.3, -0.25) is 0 Å². The van der Waals surface area contributed by atoms with Crippen molar-refractivity contribution in [3.05, 3.63) is 60.5 Å². The van der Waals surface area contributed by atoms with Crippen LogP contribution in [-0.4, -0.2) is 20.2 Å². The summed E-state index contributed by atoms with van der Waals surface area (Å²) in [4.78, 5) is 0. The smallest absolute Gasteiger partial charge is 0.463 e. The van der Waals surface area contributed by atoms with Gasteiger partial charge in [-0.2, -0.15) is 0 Å². The minimum Gasteiger partial charge on any atom is -0.463 e. The number of nitrogens with one attached hydrogen (secondary N) is 1. The van der Waals surface area contributed by atoms with Crippen LogP contribution in [0.2, 0.25) is 0 Å². The van der Waals surface area contributed by atoms with Crippen LogP contribution in [0.3, 0.4) is 0 Å². The first-order valence-corrected chi connectivity index (χ1v) is 6.69. The maximum Gasteiger partial charge on any atom is 0.573 e. The van der Waals surface area contributed by atoms with E-state index in [4.69, 9.17) is 9.47 Å². The molecule has 0 aliphatic carbocycles. The van der Waals surface area contributed by atoms with Crippen molar-refractivity contribution in [2.75, 3.05) is 13.8 Å². The van der Waals surface area contributed by atoms with E-state index in [0.717, 1.165) is 0 Å². The van der Waals surface area contributed by atoms with Crippen LogP contribution in [0.5, 0.6) is 11.5 Å². The van der Waals surface area contributed by atoms with Crippen LogP contribution >= 0.6 is 0 Å². The van der Waals surface area contributed by atoms with Gasteiger partial charge in [0.15, 0.2) is 0 Å². The van der Waals surface area contributed by atoms with Crippen molar-refractivity contribution in [1.29, 1.82) is 0 Å². The van der Waals surface area contributed by atoms with Gasteiger partial charge in [0.25, 0.3) is 0 Å². The number of hydrogen-bond acceptors (Lipinski definition) is 4. The van der Waals surface area contributed by atoms with E-state index >= 15 is 0 Å². The van der Waals surface area contributed by atoms with Crippen molar-refractivity contribution in [3.8, 4) is 11.5 Å². The van der Waals surface area contributed by atoms with Gasteiger partial charge in [-0.15, -0.1) is 13.2 Å². The lowest BCUT2D eigenvalue weighted by Gasteiger charge is -2.09. The molecule has 0 aliphatic rings.